The van der Waals surface area contributed by atoms with Crippen LogP contribution in [-0.4, -0.2) is 10.1 Å². The van der Waals surface area contributed by atoms with Crippen LogP contribution in [0.1, 0.15) is 24.0 Å². The Morgan fingerprint density at radius 2 is 2.35 bits per heavy atom. The predicted molar refractivity (Wildman–Crippen MR) is 64.5 cm³/mol. The van der Waals surface area contributed by atoms with Crippen LogP contribution in [0.15, 0.2) is 33.7 Å². The number of alkyl halides is 1. The maximum absolute atomic E-state index is 12.9. The van der Waals surface area contributed by atoms with Crippen molar-refractivity contribution in [3.63, 3.8) is 0 Å². The third kappa shape index (κ3) is 3.44. The van der Waals surface area contributed by atoms with Gasteiger partial charge >= 0.3 is 0 Å². The molecule has 2 rings (SSSR count). The Morgan fingerprint density at radius 1 is 1.53 bits per heavy atom. The van der Waals surface area contributed by atoms with Gasteiger partial charge in [-0.15, -0.1) is 23.4 Å². The quantitative estimate of drug-likeness (QED) is 0.627. The zero-order chi connectivity index (χ0) is 12.3. The van der Waals surface area contributed by atoms with Gasteiger partial charge < -0.3 is 4.52 Å². The van der Waals surface area contributed by atoms with Crippen molar-refractivity contribution in [3.8, 4) is 0 Å². The third-order valence-electron chi connectivity index (χ3n) is 1.99. The second-order valence-corrected chi connectivity index (χ2v) is 5.11. The van der Waals surface area contributed by atoms with Crippen LogP contribution in [-0.2, 0) is 5.75 Å². The van der Waals surface area contributed by atoms with Crippen LogP contribution in [0, 0.1) is 5.82 Å². The molecular weight excluding hydrogens is 263 g/mol. The Labute approximate surface area is 107 Å². The first-order valence-electron chi connectivity index (χ1n) is 5.00. The van der Waals surface area contributed by atoms with E-state index in [9.17, 15) is 4.39 Å². The number of nitrogens with zero attached hydrogens (tertiary/aromatic N) is 2. The Balaban J connectivity index is 1.97. The number of aromatic nitrogens is 2. The molecular formula is C11H10ClFN2OS. The van der Waals surface area contributed by atoms with Gasteiger partial charge in [0.1, 0.15) is 11.2 Å². The topological polar surface area (TPSA) is 38.9 Å². The Morgan fingerprint density at radius 3 is 3.00 bits per heavy atom. The van der Waals surface area contributed by atoms with E-state index in [2.05, 4.69) is 10.1 Å². The van der Waals surface area contributed by atoms with E-state index in [0.29, 0.717) is 17.5 Å². The van der Waals surface area contributed by atoms with Crippen LogP contribution < -0.4 is 0 Å². The molecule has 17 heavy (non-hydrogen) atoms. The highest BCUT2D eigenvalue weighted by Gasteiger charge is 2.11. The molecule has 2 aromatic rings. The molecule has 90 valence electrons. The molecule has 1 heterocycles. The van der Waals surface area contributed by atoms with Crippen LogP contribution in [0.3, 0.4) is 0 Å². The van der Waals surface area contributed by atoms with E-state index in [0.717, 1.165) is 4.90 Å². The summed E-state index contributed by atoms with van der Waals surface area (Å²) >= 11 is 7.25. The van der Waals surface area contributed by atoms with Crippen molar-refractivity contribution < 1.29 is 8.91 Å². The van der Waals surface area contributed by atoms with Crippen LogP contribution >= 0.6 is 23.4 Å². The Hall–Kier alpha value is -1.07. The summed E-state index contributed by atoms with van der Waals surface area (Å²) in [6.45, 7) is 1.76. The summed E-state index contributed by atoms with van der Waals surface area (Å²) in [5.41, 5.74) is 0. The summed E-state index contributed by atoms with van der Waals surface area (Å²) in [4.78, 5) is 4.95. The Kier molecular flexibility index (Phi) is 4.02. The summed E-state index contributed by atoms with van der Waals surface area (Å²) in [6.07, 6.45) is 0. The zero-order valence-electron chi connectivity index (χ0n) is 9.06. The molecule has 0 saturated heterocycles. The molecule has 0 amide bonds. The summed E-state index contributed by atoms with van der Waals surface area (Å²) in [5, 5.41) is 3.49. The summed E-state index contributed by atoms with van der Waals surface area (Å²) in [7, 11) is 0. The third-order valence-corrected chi connectivity index (χ3v) is 3.16. The maximum atomic E-state index is 12.9. The first-order chi connectivity index (χ1) is 8.15. The van der Waals surface area contributed by atoms with Crippen LogP contribution in [0.5, 0.6) is 0 Å². The van der Waals surface area contributed by atoms with Gasteiger partial charge in [0.05, 0.1) is 5.75 Å². The van der Waals surface area contributed by atoms with Gasteiger partial charge in [-0.05, 0) is 25.1 Å². The largest absolute Gasteiger partial charge is 0.338 e. The molecule has 0 spiro atoms. The van der Waals surface area contributed by atoms with E-state index in [1.807, 2.05) is 6.07 Å². The van der Waals surface area contributed by atoms with Crippen LogP contribution in [0.4, 0.5) is 4.39 Å². The lowest BCUT2D eigenvalue weighted by Gasteiger charge is -1.97. The van der Waals surface area contributed by atoms with E-state index in [1.54, 1.807) is 13.0 Å². The number of hydrogen-bond donors (Lipinski definition) is 0. The fraction of sp³-hybridized carbons (Fsp3) is 0.273. The number of rotatable bonds is 4. The molecule has 6 heteroatoms. The van der Waals surface area contributed by atoms with Gasteiger partial charge in [-0.1, -0.05) is 11.2 Å². The number of halogens is 2. The molecule has 0 aliphatic heterocycles. The van der Waals surface area contributed by atoms with Gasteiger partial charge in [0, 0.05) is 4.90 Å². The first-order valence-corrected chi connectivity index (χ1v) is 6.42. The van der Waals surface area contributed by atoms with Crippen molar-refractivity contribution in [1.82, 2.24) is 10.1 Å². The average molecular weight is 273 g/mol. The van der Waals surface area contributed by atoms with E-state index >= 15 is 0 Å². The molecule has 0 aliphatic carbocycles. The molecule has 1 unspecified atom stereocenters. The van der Waals surface area contributed by atoms with E-state index in [-0.39, 0.29) is 11.2 Å². The number of thioether (sulfide) groups is 1. The first kappa shape index (κ1) is 12.4. The molecule has 1 aromatic heterocycles. The number of hydrogen-bond acceptors (Lipinski definition) is 4. The van der Waals surface area contributed by atoms with Gasteiger partial charge in [-0.3, -0.25) is 0 Å². The highest BCUT2D eigenvalue weighted by atomic mass is 35.5. The van der Waals surface area contributed by atoms with Gasteiger partial charge in [-0.2, -0.15) is 4.98 Å². The minimum Gasteiger partial charge on any atom is -0.338 e. The van der Waals surface area contributed by atoms with Crippen LogP contribution in [0.25, 0.3) is 0 Å². The van der Waals surface area contributed by atoms with Crippen molar-refractivity contribution in [3.05, 3.63) is 41.8 Å². The molecule has 0 bridgehead atoms. The SMILES string of the molecule is CC(Cl)c1nc(CSc2cccc(F)c2)no1. The molecule has 0 aliphatic rings. The van der Waals surface area contributed by atoms with Gasteiger partial charge in [0.2, 0.25) is 5.89 Å². The lowest BCUT2D eigenvalue weighted by atomic mass is 10.4. The van der Waals surface area contributed by atoms with Gasteiger partial charge in [0.15, 0.2) is 5.82 Å². The standard InChI is InChI=1S/C11H10ClFN2OS/c1-7(12)11-14-10(15-16-11)6-17-9-4-2-3-8(13)5-9/h2-5,7H,6H2,1H3. The summed E-state index contributed by atoms with van der Waals surface area (Å²) in [5.74, 6) is 1.23. The lowest BCUT2D eigenvalue weighted by Crippen LogP contribution is -1.87. The second kappa shape index (κ2) is 5.51. The predicted octanol–water partition coefficient (Wildman–Crippen LogP) is 3.80. The zero-order valence-corrected chi connectivity index (χ0v) is 10.6. The Bertz CT molecular complexity index is 504. The minimum atomic E-state index is -0.296. The summed E-state index contributed by atoms with van der Waals surface area (Å²) < 4.78 is 17.9. The monoisotopic (exact) mass is 272 g/mol. The minimum absolute atomic E-state index is 0.252. The van der Waals surface area contributed by atoms with Crippen LogP contribution in [0.2, 0.25) is 0 Å². The molecule has 1 atom stereocenters. The summed E-state index contributed by atoms with van der Waals surface area (Å²) in [6, 6.07) is 6.38. The van der Waals surface area contributed by atoms with E-state index in [1.165, 1.54) is 23.9 Å². The fourth-order valence-electron chi connectivity index (χ4n) is 1.19. The van der Waals surface area contributed by atoms with Gasteiger partial charge in [0.25, 0.3) is 0 Å². The van der Waals surface area contributed by atoms with Crippen molar-refractivity contribution in [2.75, 3.05) is 0 Å². The smallest absolute Gasteiger partial charge is 0.244 e. The highest BCUT2D eigenvalue weighted by Crippen LogP contribution is 2.23. The van der Waals surface area contributed by atoms with Gasteiger partial charge in [-0.25, -0.2) is 4.39 Å². The maximum Gasteiger partial charge on any atom is 0.244 e. The molecule has 0 N–H and O–H groups in total. The molecule has 0 saturated carbocycles. The molecule has 3 nitrogen and oxygen atoms in total. The van der Waals surface area contributed by atoms with Crippen molar-refractivity contribution in [1.29, 1.82) is 0 Å². The normalized spacial score (nSPS) is 12.6. The van der Waals surface area contributed by atoms with Crippen molar-refractivity contribution in [2.45, 2.75) is 22.9 Å². The van der Waals surface area contributed by atoms with E-state index < -0.39 is 0 Å². The lowest BCUT2D eigenvalue weighted by molar-refractivity contribution is 0.375. The second-order valence-electron chi connectivity index (χ2n) is 3.41. The van der Waals surface area contributed by atoms with Crippen molar-refractivity contribution in [2.24, 2.45) is 0 Å². The molecule has 1 aromatic carbocycles. The number of benzene rings is 1. The fourth-order valence-corrected chi connectivity index (χ4v) is 2.06. The van der Waals surface area contributed by atoms with E-state index in [4.69, 9.17) is 16.1 Å². The highest BCUT2D eigenvalue weighted by molar-refractivity contribution is 7.98. The molecule has 0 radical (unpaired) electrons. The molecule has 0 fully saturated rings. The average Bonchev–Trinajstić information content (AvgIpc) is 2.75. The van der Waals surface area contributed by atoms with Crippen molar-refractivity contribution >= 4 is 23.4 Å².